The monoisotopic (exact) mass is 450 g/mol. The van der Waals surface area contributed by atoms with Gasteiger partial charge in [0.05, 0.1) is 16.1 Å². The molecule has 2 fully saturated rings. The highest BCUT2D eigenvalue weighted by Gasteiger charge is 2.67. The number of sulfonamides is 1. The average Bonchev–Trinajstić information content (AvgIpc) is 3.30. The molecule has 2 aliphatic rings. The first-order valence-electron chi connectivity index (χ1n) is 10.5. The summed E-state index contributed by atoms with van der Waals surface area (Å²) in [5.74, 6) is 0.625. The first kappa shape index (κ1) is 23.5. The minimum Gasteiger partial charge on any atom is -0.403 e. The predicted octanol–water partition coefficient (Wildman–Crippen LogP) is 4.23. The Morgan fingerprint density at radius 1 is 1.03 bits per heavy atom. The predicted molar refractivity (Wildman–Crippen MR) is 125 cm³/mol. The summed E-state index contributed by atoms with van der Waals surface area (Å²) in [6, 6.07) is 7.19. The first-order chi connectivity index (χ1) is 13.6. The van der Waals surface area contributed by atoms with Gasteiger partial charge in [0, 0.05) is 28.0 Å². The molecule has 166 valence electrons. The van der Waals surface area contributed by atoms with Crippen molar-refractivity contribution in [2.24, 2.45) is 4.40 Å². The number of benzene rings is 1. The molecular formula is C21H35BN2O4SSi. The molecule has 0 N–H and O–H groups in total. The molecule has 9 heteroatoms. The van der Waals surface area contributed by atoms with E-state index in [1.165, 1.54) is 6.34 Å². The fourth-order valence-electron chi connectivity index (χ4n) is 4.34. The van der Waals surface area contributed by atoms with E-state index in [0.29, 0.717) is 17.3 Å². The van der Waals surface area contributed by atoms with Crippen LogP contribution >= 0.6 is 0 Å². The normalized spacial score (nSPS) is 28.2. The Morgan fingerprint density at radius 2 is 1.53 bits per heavy atom. The van der Waals surface area contributed by atoms with Crippen LogP contribution in [0.5, 0.6) is 0 Å². The van der Waals surface area contributed by atoms with Crippen molar-refractivity contribution in [3.63, 3.8) is 0 Å². The Bertz CT molecular complexity index is 907. The van der Waals surface area contributed by atoms with Gasteiger partial charge in [-0.3, -0.25) is 0 Å². The summed E-state index contributed by atoms with van der Waals surface area (Å²) in [5, 5.41) is 0. The molecule has 1 aliphatic carbocycles. The number of hydrogen-bond donors (Lipinski definition) is 0. The van der Waals surface area contributed by atoms with Gasteiger partial charge in [0.2, 0.25) is 0 Å². The molecule has 1 aliphatic heterocycles. The fraction of sp³-hybridized carbons (Fsp3) is 0.667. The molecule has 6 nitrogen and oxygen atoms in total. The average molecular weight is 450 g/mol. The van der Waals surface area contributed by atoms with E-state index in [9.17, 15) is 8.42 Å². The zero-order valence-corrected chi connectivity index (χ0v) is 21.4. The Morgan fingerprint density at radius 3 is 1.97 bits per heavy atom. The molecule has 1 heterocycles. The second-order valence-electron chi connectivity index (χ2n) is 10.8. The topological polar surface area (TPSA) is 68.2 Å². The van der Waals surface area contributed by atoms with Crippen molar-refractivity contribution >= 4 is 31.6 Å². The lowest BCUT2D eigenvalue weighted by atomic mass is 9.79. The summed E-state index contributed by atoms with van der Waals surface area (Å²) in [6.07, 6.45) is 1.31. The first-order valence-corrected chi connectivity index (χ1v) is 15.5. The highest BCUT2D eigenvalue weighted by Crippen LogP contribution is 2.71. The second kappa shape index (κ2) is 7.46. The van der Waals surface area contributed by atoms with Crippen LogP contribution in [0.25, 0.3) is 0 Å². The summed E-state index contributed by atoms with van der Waals surface area (Å²) in [4.78, 5) is 1.81. The molecule has 1 aromatic carbocycles. The van der Waals surface area contributed by atoms with E-state index in [1.807, 2.05) is 12.1 Å². The van der Waals surface area contributed by atoms with Crippen molar-refractivity contribution in [2.75, 3.05) is 14.1 Å². The van der Waals surface area contributed by atoms with E-state index in [1.54, 1.807) is 31.1 Å². The SMILES string of the molecule is CN(C)/C=N/S(=O)(=O)c1ccc(C2C(B3OC(C)(C)C(C)(C)O3)C2[Si](C)(C)C)cc1. The van der Waals surface area contributed by atoms with Crippen molar-refractivity contribution in [3.8, 4) is 0 Å². The molecule has 0 amide bonds. The quantitative estimate of drug-likeness (QED) is 0.369. The second-order valence-corrected chi connectivity index (χ2v) is 17.9. The third kappa shape index (κ3) is 4.40. The van der Waals surface area contributed by atoms with Crippen LogP contribution in [0.1, 0.15) is 39.2 Å². The van der Waals surface area contributed by atoms with Gasteiger partial charge < -0.3 is 14.2 Å². The third-order valence-corrected chi connectivity index (χ3v) is 10.6. The maximum atomic E-state index is 12.4. The van der Waals surface area contributed by atoms with Crippen molar-refractivity contribution in [1.29, 1.82) is 0 Å². The van der Waals surface area contributed by atoms with Crippen LogP contribution in [0, 0.1) is 0 Å². The van der Waals surface area contributed by atoms with E-state index in [-0.39, 0.29) is 23.2 Å². The molecule has 30 heavy (non-hydrogen) atoms. The van der Waals surface area contributed by atoms with Gasteiger partial charge in [-0.05, 0) is 56.9 Å². The van der Waals surface area contributed by atoms with Crippen LogP contribution in [0.4, 0.5) is 0 Å². The van der Waals surface area contributed by atoms with E-state index in [4.69, 9.17) is 9.31 Å². The molecule has 1 saturated heterocycles. The third-order valence-electron chi connectivity index (χ3n) is 6.64. The summed E-state index contributed by atoms with van der Waals surface area (Å²) >= 11 is 0. The van der Waals surface area contributed by atoms with Gasteiger partial charge in [-0.25, -0.2) is 0 Å². The Balaban J connectivity index is 1.86. The van der Waals surface area contributed by atoms with Gasteiger partial charge in [-0.1, -0.05) is 31.8 Å². The molecule has 1 aromatic rings. The van der Waals surface area contributed by atoms with Crippen LogP contribution in [0.3, 0.4) is 0 Å². The minimum absolute atomic E-state index is 0.210. The molecule has 0 spiro atoms. The standard InChI is InChI=1S/C21H35BN2O4SSi/c1-20(2)21(3,4)28-22(27-20)18-17(19(18)30(7,8)9)15-10-12-16(13-11-15)29(25,26)23-14-24(5)6/h10-14,17-19H,1-9H3/b23-14+. The largest absolute Gasteiger partial charge is 0.461 e. The highest BCUT2D eigenvalue weighted by atomic mass is 32.2. The Kier molecular flexibility index (Phi) is 5.85. The van der Waals surface area contributed by atoms with Gasteiger partial charge >= 0.3 is 7.12 Å². The van der Waals surface area contributed by atoms with Gasteiger partial charge in [-0.15, -0.1) is 4.40 Å². The van der Waals surface area contributed by atoms with Crippen LogP contribution < -0.4 is 0 Å². The lowest BCUT2D eigenvalue weighted by Gasteiger charge is -2.32. The molecule has 3 unspecified atom stereocenters. The minimum atomic E-state index is -3.69. The van der Waals surface area contributed by atoms with Crippen LogP contribution in [-0.4, -0.2) is 60.1 Å². The zero-order valence-electron chi connectivity index (χ0n) is 19.6. The molecule has 0 radical (unpaired) electrons. The van der Waals surface area contributed by atoms with Gasteiger partial charge in [0.15, 0.2) is 0 Å². The van der Waals surface area contributed by atoms with Crippen molar-refractivity contribution in [1.82, 2.24) is 4.90 Å². The van der Waals surface area contributed by atoms with Crippen molar-refractivity contribution < 1.29 is 17.7 Å². The maximum absolute atomic E-state index is 12.4. The van der Waals surface area contributed by atoms with Crippen LogP contribution in [-0.2, 0) is 19.3 Å². The van der Waals surface area contributed by atoms with Crippen LogP contribution in [0.15, 0.2) is 33.6 Å². The highest BCUT2D eigenvalue weighted by molar-refractivity contribution is 7.90. The van der Waals surface area contributed by atoms with E-state index < -0.39 is 18.1 Å². The van der Waals surface area contributed by atoms with E-state index in [2.05, 4.69) is 51.7 Å². The van der Waals surface area contributed by atoms with Gasteiger partial charge in [0.25, 0.3) is 10.0 Å². The van der Waals surface area contributed by atoms with Crippen LogP contribution in [0.2, 0.25) is 31.0 Å². The van der Waals surface area contributed by atoms with Gasteiger partial charge in [-0.2, -0.15) is 8.42 Å². The summed E-state index contributed by atoms with van der Waals surface area (Å²) in [7, 11) is -1.92. The maximum Gasteiger partial charge on any atom is 0.461 e. The van der Waals surface area contributed by atoms with Crippen molar-refractivity contribution in [2.45, 2.75) is 80.7 Å². The smallest absolute Gasteiger partial charge is 0.403 e. The van der Waals surface area contributed by atoms with Gasteiger partial charge in [0.1, 0.15) is 6.34 Å². The molecule has 0 aromatic heterocycles. The van der Waals surface area contributed by atoms with E-state index >= 15 is 0 Å². The lowest BCUT2D eigenvalue weighted by Crippen LogP contribution is -2.41. The number of nitrogens with zero attached hydrogens (tertiary/aromatic N) is 2. The molecule has 1 saturated carbocycles. The summed E-state index contributed by atoms with van der Waals surface area (Å²) < 4.78 is 41.3. The summed E-state index contributed by atoms with van der Waals surface area (Å²) in [5.41, 5.74) is 0.980. The number of hydrogen-bond acceptors (Lipinski definition) is 4. The molecule has 0 bridgehead atoms. The Hall–Kier alpha value is -1.16. The zero-order chi connectivity index (χ0) is 22.7. The fourth-order valence-corrected chi connectivity index (χ4v) is 8.16. The lowest BCUT2D eigenvalue weighted by molar-refractivity contribution is 0.00578. The van der Waals surface area contributed by atoms with E-state index in [0.717, 1.165) is 5.56 Å². The summed E-state index contributed by atoms with van der Waals surface area (Å²) in [6.45, 7) is 15.5. The molecular weight excluding hydrogens is 415 g/mol. The number of rotatable bonds is 6. The Labute approximate surface area is 183 Å². The van der Waals surface area contributed by atoms with Crippen molar-refractivity contribution in [3.05, 3.63) is 29.8 Å². The molecule has 3 rings (SSSR count). The molecule has 3 atom stereocenters.